The van der Waals surface area contributed by atoms with Crippen LogP contribution in [0.2, 0.25) is 0 Å². The molecule has 0 saturated heterocycles. The summed E-state index contributed by atoms with van der Waals surface area (Å²) in [7, 11) is -3.80. The molecule has 2 fully saturated rings. The van der Waals surface area contributed by atoms with Crippen molar-refractivity contribution in [2.24, 2.45) is 23.5 Å². The van der Waals surface area contributed by atoms with Crippen molar-refractivity contribution in [1.29, 1.82) is 0 Å². The summed E-state index contributed by atoms with van der Waals surface area (Å²) in [5.41, 5.74) is 6.29. The molecule has 2 aliphatic rings. The molecule has 2 saturated carbocycles. The Kier molecular flexibility index (Phi) is 4.43. The third kappa shape index (κ3) is 2.95. The van der Waals surface area contributed by atoms with E-state index >= 15 is 0 Å². The molecule has 0 radical (unpaired) electrons. The number of carbonyl (C=O) groups excluding carboxylic acids is 1. The van der Waals surface area contributed by atoms with Crippen molar-refractivity contribution in [3.8, 4) is 0 Å². The molecule has 3 N–H and O–H groups in total. The van der Waals surface area contributed by atoms with Crippen LogP contribution in [0, 0.1) is 17.8 Å². The number of carbonyl (C=O) groups is 1. The molecule has 1 amide bonds. The van der Waals surface area contributed by atoms with Crippen molar-refractivity contribution in [2.45, 2.75) is 35.2 Å². The fourth-order valence-electron chi connectivity index (χ4n) is 3.85. The number of rotatable bonds is 4. The van der Waals surface area contributed by atoms with Crippen molar-refractivity contribution < 1.29 is 22.0 Å². The predicted molar refractivity (Wildman–Crippen MR) is 89.2 cm³/mol. The highest BCUT2D eigenvalue weighted by Crippen LogP contribution is 2.48. The van der Waals surface area contributed by atoms with E-state index in [1.165, 1.54) is 12.1 Å². The number of hydrogen-bond donors (Lipinski definition) is 2. The molecule has 1 unspecified atom stereocenters. The Hall–Kier alpha value is -1.11. The van der Waals surface area contributed by atoms with Gasteiger partial charge in [0.15, 0.2) is 0 Å². The van der Waals surface area contributed by atoms with Gasteiger partial charge in [0.1, 0.15) is 0 Å². The molecule has 24 heavy (non-hydrogen) atoms. The second kappa shape index (κ2) is 6.00. The zero-order chi connectivity index (χ0) is 17.7. The maximum atomic E-state index is 13.2. The van der Waals surface area contributed by atoms with Crippen molar-refractivity contribution in [1.82, 2.24) is 0 Å². The van der Waals surface area contributed by atoms with Crippen LogP contribution in [0.4, 0.5) is 14.5 Å². The van der Waals surface area contributed by atoms with Gasteiger partial charge in [0.25, 0.3) is 0 Å². The van der Waals surface area contributed by atoms with E-state index in [0.717, 1.165) is 40.6 Å². The molecule has 1 aromatic rings. The van der Waals surface area contributed by atoms with Crippen LogP contribution < -0.4 is 11.1 Å². The summed E-state index contributed by atoms with van der Waals surface area (Å²) in [6.07, 6.45) is 2.93. The van der Waals surface area contributed by atoms with Gasteiger partial charge in [0, 0.05) is 11.7 Å². The lowest BCUT2D eigenvalue weighted by Gasteiger charge is -2.27. The molecular formula is C15H19F2N2O3PS. The molecule has 132 valence electrons. The van der Waals surface area contributed by atoms with Crippen LogP contribution in [0.1, 0.15) is 19.3 Å². The lowest BCUT2D eigenvalue weighted by atomic mass is 9.84. The first-order valence-electron chi connectivity index (χ1n) is 7.69. The van der Waals surface area contributed by atoms with Crippen LogP contribution in [0.25, 0.3) is 0 Å². The molecule has 0 aliphatic heterocycles. The van der Waals surface area contributed by atoms with E-state index in [9.17, 15) is 22.0 Å². The summed E-state index contributed by atoms with van der Waals surface area (Å²) in [6, 6.07) is 4.71. The van der Waals surface area contributed by atoms with Crippen molar-refractivity contribution in [3.63, 3.8) is 0 Å². The van der Waals surface area contributed by atoms with Crippen molar-refractivity contribution >= 4 is 30.7 Å². The van der Waals surface area contributed by atoms with Gasteiger partial charge < -0.3 is 11.1 Å². The highest BCUT2D eigenvalue weighted by atomic mass is 32.2. The molecule has 5 atom stereocenters. The normalized spacial score (nSPS) is 29.7. The van der Waals surface area contributed by atoms with Crippen molar-refractivity contribution in [2.75, 3.05) is 5.32 Å². The van der Waals surface area contributed by atoms with Crippen molar-refractivity contribution in [3.05, 3.63) is 24.3 Å². The minimum atomic E-state index is -4.82. The number of fused-ring (bicyclic) bond motifs is 2. The van der Waals surface area contributed by atoms with Crippen LogP contribution in [-0.4, -0.2) is 25.4 Å². The van der Waals surface area contributed by atoms with E-state index in [0.29, 0.717) is 5.92 Å². The number of benzene rings is 1. The van der Waals surface area contributed by atoms with E-state index in [-0.39, 0.29) is 29.5 Å². The lowest BCUT2D eigenvalue weighted by molar-refractivity contribution is -0.121. The first-order valence-corrected chi connectivity index (χ1v) is 9.75. The number of hydrogen-bond acceptors (Lipinski definition) is 4. The molecule has 9 heteroatoms. The van der Waals surface area contributed by atoms with E-state index in [2.05, 4.69) is 5.32 Å². The molecule has 2 bridgehead atoms. The molecule has 2 aliphatic carbocycles. The average Bonchev–Trinajstić information content (AvgIpc) is 3.07. The fraction of sp³-hybridized carbons (Fsp3) is 0.533. The van der Waals surface area contributed by atoms with Gasteiger partial charge in [-0.2, -0.15) is 8.78 Å². The summed E-state index contributed by atoms with van der Waals surface area (Å²) in [6.45, 7) is 0. The minimum Gasteiger partial charge on any atom is -0.327 e. The highest BCUT2D eigenvalue weighted by Gasteiger charge is 2.49. The largest absolute Gasteiger partial charge is 0.359 e. The maximum absolute atomic E-state index is 13.2. The number of halogens is 2. The zero-order valence-electron chi connectivity index (χ0n) is 12.8. The standard InChI is InChI=1S/C15H19F2N2O3PS/c16-15(17,23)24(21,22)11-3-1-2-10(7-11)19-14(20)12-8-4-5-9(6-8)13(12)18/h1-3,7-9,12-13H,4-6,18,23H2,(H,19,20)/t8-,9+,12+,13-/m1/s1. The molecule has 0 heterocycles. The summed E-state index contributed by atoms with van der Waals surface area (Å²) in [5, 5.41) is 2.63. The number of nitrogens with two attached hydrogens (primary N) is 1. The molecule has 1 aromatic carbocycles. The van der Waals surface area contributed by atoms with Crippen LogP contribution >= 0.6 is 9.24 Å². The van der Waals surface area contributed by atoms with E-state index in [1.54, 1.807) is 0 Å². The van der Waals surface area contributed by atoms with Gasteiger partial charge in [0.2, 0.25) is 15.7 Å². The average molecular weight is 376 g/mol. The SMILES string of the molecule is N[C@@H]1[C@H]2CC[C@H](C2)[C@@H]1C(=O)Nc1cccc(S(=O)(=O)C(F)(F)P)c1. The number of alkyl halides is 2. The first-order chi connectivity index (χ1) is 11.1. The Morgan fingerprint density at radius 1 is 1.29 bits per heavy atom. The molecule has 5 nitrogen and oxygen atoms in total. The van der Waals surface area contributed by atoms with Crippen LogP contribution in [0.3, 0.4) is 0 Å². The van der Waals surface area contributed by atoms with E-state index in [4.69, 9.17) is 5.73 Å². The summed E-state index contributed by atoms with van der Waals surface area (Å²) in [4.78, 5) is 7.97. The van der Waals surface area contributed by atoms with E-state index in [1.807, 2.05) is 0 Å². The van der Waals surface area contributed by atoms with Gasteiger partial charge in [-0.15, -0.1) is 0 Å². The summed E-state index contributed by atoms with van der Waals surface area (Å²) in [5.74, 6) is 0.00984. The van der Waals surface area contributed by atoms with Crippen LogP contribution in [0.5, 0.6) is 0 Å². The number of sulfone groups is 1. The van der Waals surface area contributed by atoms with Gasteiger partial charge in [-0.05, 0) is 58.5 Å². The number of nitrogens with one attached hydrogen (secondary N) is 1. The van der Waals surface area contributed by atoms with Gasteiger partial charge in [-0.3, -0.25) is 4.79 Å². The molecular weight excluding hydrogens is 357 g/mol. The Morgan fingerprint density at radius 2 is 1.96 bits per heavy atom. The molecule has 0 aromatic heterocycles. The van der Waals surface area contributed by atoms with Gasteiger partial charge in [-0.25, -0.2) is 8.42 Å². The Labute approximate surface area is 141 Å². The summed E-state index contributed by atoms with van der Waals surface area (Å²) < 4.78 is 50.1. The van der Waals surface area contributed by atoms with Gasteiger partial charge in [-0.1, -0.05) is 6.07 Å². The number of anilines is 1. The molecule has 0 spiro atoms. The summed E-state index contributed by atoms with van der Waals surface area (Å²) >= 11 is 0. The molecule has 3 rings (SSSR count). The monoisotopic (exact) mass is 376 g/mol. The topological polar surface area (TPSA) is 89.3 Å². The maximum Gasteiger partial charge on any atom is 0.359 e. The Bertz CT molecular complexity index is 764. The second-order valence-electron chi connectivity index (χ2n) is 6.52. The first kappa shape index (κ1) is 17.7. The highest BCUT2D eigenvalue weighted by molar-refractivity contribution is 7.96. The fourth-order valence-corrected chi connectivity index (χ4v) is 5.11. The third-order valence-corrected chi connectivity index (χ3v) is 7.58. The Balaban J connectivity index is 1.80. The third-order valence-electron chi connectivity index (χ3n) is 5.05. The second-order valence-corrected chi connectivity index (χ2v) is 9.68. The smallest absolute Gasteiger partial charge is 0.327 e. The Morgan fingerprint density at radius 3 is 2.54 bits per heavy atom. The minimum absolute atomic E-state index is 0.172. The van der Waals surface area contributed by atoms with Crippen LogP contribution in [-0.2, 0) is 14.6 Å². The van der Waals surface area contributed by atoms with Gasteiger partial charge in [0.05, 0.1) is 10.8 Å². The van der Waals surface area contributed by atoms with Gasteiger partial charge >= 0.3 is 5.00 Å². The van der Waals surface area contributed by atoms with Crippen LogP contribution in [0.15, 0.2) is 29.2 Å². The quantitative estimate of drug-likeness (QED) is 0.789. The van der Waals surface area contributed by atoms with E-state index < -0.39 is 19.7 Å². The predicted octanol–water partition coefficient (Wildman–Crippen LogP) is 2.20. The zero-order valence-corrected chi connectivity index (χ0v) is 14.8. The number of amides is 1. The lowest BCUT2D eigenvalue weighted by Crippen LogP contribution is -2.42.